The first-order chi connectivity index (χ1) is 15.9. The molecule has 2 N–H and O–H groups in total. The standard InChI is InChI=1S/C24H23FN2O5S/c1-31-14-15-32-23-12-11-21(17-22(23)25)26-24(28)19-7-9-20(10-8-19)27-33(29,30)16-13-18-5-3-2-4-6-18/h2-13,16-17,27H,14-15H2,1H3,(H,26,28)/b16-13+. The number of hydrogen-bond acceptors (Lipinski definition) is 5. The Labute approximate surface area is 191 Å². The normalized spacial score (nSPS) is 11.3. The second kappa shape index (κ2) is 11.3. The van der Waals surface area contributed by atoms with Gasteiger partial charge < -0.3 is 14.8 Å². The highest BCUT2D eigenvalue weighted by molar-refractivity contribution is 7.95. The predicted octanol–water partition coefficient (Wildman–Crippen LogP) is 4.52. The third kappa shape index (κ3) is 7.44. The number of hydrogen-bond donors (Lipinski definition) is 2. The van der Waals surface area contributed by atoms with Crippen LogP contribution in [0.25, 0.3) is 6.08 Å². The van der Waals surface area contributed by atoms with E-state index in [9.17, 15) is 17.6 Å². The SMILES string of the molecule is COCCOc1ccc(NC(=O)c2ccc(NS(=O)(=O)/C=C/c3ccccc3)cc2)cc1F. The zero-order chi connectivity index (χ0) is 23.7. The molecular weight excluding hydrogens is 447 g/mol. The molecule has 3 aromatic carbocycles. The first-order valence-corrected chi connectivity index (χ1v) is 11.5. The van der Waals surface area contributed by atoms with Gasteiger partial charge in [0.25, 0.3) is 15.9 Å². The van der Waals surface area contributed by atoms with Gasteiger partial charge in [0.2, 0.25) is 0 Å². The highest BCUT2D eigenvalue weighted by atomic mass is 32.2. The lowest BCUT2D eigenvalue weighted by Crippen LogP contribution is -2.13. The molecule has 0 saturated carbocycles. The molecule has 0 atom stereocenters. The molecule has 0 aliphatic heterocycles. The van der Waals surface area contributed by atoms with Gasteiger partial charge in [-0.2, -0.15) is 0 Å². The van der Waals surface area contributed by atoms with Gasteiger partial charge in [-0.25, -0.2) is 12.8 Å². The lowest BCUT2D eigenvalue weighted by Gasteiger charge is -2.10. The molecule has 0 saturated heterocycles. The number of nitrogens with one attached hydrogen (secondary N) is 2. The summed E-state index contributed by atoms with van der Waals surface area (Å²) in [6.45, 7) is 0.532. The van der Waals surface area contributed by atoms with Crippen LogP contribution in [0.15, 0.2) is 78.2 Å². The molecule has 0 unspecified atom stereocenters. The highest BCUT2D eigenvalue weighted by Gasteiger charge is 2.11. The van der Waals surface area contributed by atoms with Gasteiger partial charge in [0.15, 0.2) is 11.6 Å². The zero-order valence-electron chi connectivity index (χ0n) is 17.8. The van der Waals surface area contributed by atoms with Crippen molar-refractivity contribution in [1.29, 1.82) is 0 Å². The van der Waals surface area contributed by atoms with E-state index in [-0.39, 0.29) is 23.6 Å². The van der Waals surface area contributed by atoms with Crippen molar-refractivity contribution in [3.63, 3.8) is 0 Å². The van der Waals surface area contributed by atoms with Gasteiger partial charge in [-0.05, 0) is 48.0 Å². The number of sulfonamides is 1. The van der Waals surface area contributed by atoms with E-state index in [2.05, 4.69) is 10.0 Å². The summed E-state index contributed by atoms with van der Waals surface area (Å²) in [4.78, 5) is 12.4. The van der Waals surface area contributed by atoms with Crippen LogP contribution in [0.3, 0.4) is 0 Å². The molecule has 172 valence electrons. The van der Waals surface area contributed by atoms with Crippen LogP contribution in [-0.2, 0) is 14.8 Å². The molecular formula is C24H23FN2O5S. The summed E-state index contributed by atoms with van der Waals surface area (Å²) < 4.78 is 51.1. The van der Waals surface area contributed by atoms with Crippen LogP contribution in [-0.4, -0.2) is 34.6 Å². The summed E-state index contributed by atoms with van der Waals surface area (Å²) in [6, 6.07) is 19.0. The Hall–Kier alpha value is -3.69. The number of methoxy groups -OCH3 is 1. The fourth-order valence-corrected chi connectivity index (χ4v) is 3.62. The maximum absolute atomic E-state index is 14.1. The fourth-order valence-electron chi connectivity index (χ4n) is 2.75. The maximum atomic E-state index is 14.1. The summed E-state index contributed by atoms with van der Waals surface area (Å²) in [6.07, 6.45) is 1.48. The molecule has 0 radical (unpaired) electrons. The molecule has 33 heavy (non-hydrogen) atoms. The van der Waals surface area contributed by atoms with Gasteiger partial charge in [-0.15, -0.1) is 0 Å². The van der Waals surface area contributed by atoms with Crippen LogP contribution in [0.5, 0.6) is 5.75 Å². The van der Waals surface area contributed by atoms with Gasteiger partial charge >= 0.3 is 0 Å². The van der Waals surface area contributed by atoms with Crippen molar-refractivity contribution >= 4 is 33.4 Å². The minimum absolute atomic E-state index is 0.0583. The minimum atomic E-state index is -3.72. The molecule has 0 spiro atoms. The van der Waals surface area contributed by atoms with E-state index in [1.54, 1.807) is 12.1 Å². The quantitative estimate of drug-likeness (QED) is 0.425. The molecule has 3 aromatic rings. The van der Waals surface area contributed by atoms with E-state index in [1.807, 2.05) is 18.2 Å². The van der Waals surface area contributed by atoms with Crippen LogP contribution in [0.4, 0.5) is 15.8 Å². The van der Waals surface area contributed by atoms with Crippen molar-refractivity contribution in [1.82, 2.24) is 0 Å². The Morgan fingerprint density at radius 1 is 0.970 bits per heavy atom. The summed E-state index contributed by atoms with van der Waals surface area (Å²) in [5.41, 5.74) is 1.58. The summed E-state index contributed by atoms with van der Waals surface area (Å²) >= 11 is 0. The first-order valence-electron chi connectivity index (χ1n) is 9.95. The van der Waals surface area contributed by atoms with Crippen molar-refractivity contribution < 1.29 is 27.1 Å². The summed E-state index contributed by atoms with van der Waals surface area (Å²) in [5, 5.41) is 3.66. The van der Waals surface area contributed by atoms with Gasteiger partial charge in [0.05, 0.1) is 12.0 Å². The molecule has 0 heterocycles. The Morgan fingerprint density at radius 3 is 2.33 bits per heavy atom. The van der Waals surface area contributed by atoms with E-state index < -0.39 is 21.7 Å². The van der Waals surface area contributed by atoms with Gasteiger partial charge in [-0.3, -0.25) is 9.52 Å². The zero-order valence-corrected chi connectivity index (χ0v) is 18.6. The van der Waals surface area contributed by atoms with Crippen LogP contribution in [0.1, 0.15) is 15.9 Å². The van der Waals surface area contributed by atoms with Crippen LogP contribution >= 0.6 is 0 Å². The molecule has 3 rings (SSSR count). The Balaban J connectivity index is 1.60. The number of benzene rings is 3. The van der Waals surface area contributed by atoms with Gasteiger partial charge in [-0.1, -0.05) is 30.3 Å². The topological polar surface area (TPSA) is 93.7 Å². The lowest BCUT2D eigenvalue weighted by molar-refractivity contribution is 0.102. The number of anilines is 2. The molecule has 0 aromatic heterocycles. The number of amides is 1. The van der Waals surface area contributed by atoms with E-state index in [1.165, 1.54) is 49.6 Å². The van der Waals surface area contributed by atoms with Crippen LogP contribution in [0, 0.1) is 5.82 Å². The third-order valence-corrected chi connectivity index (χ3v) is 5.40. The largest absolute Gasteiger partial charge is 0.488 e. The fraction of sp³-hybridized carbons (Fsp3) is 0.125. The third-order valence-electron chi connectivity index (χ3n) is 4.38. The number of rotatable bonds is 10. The van der Waals surface area contributed by atoms with Crippen LogP contribution in [0.2, 0.25) is 0 Å². The Morgan fingerprint density at radius 2 is 1.67 bits per heavy atom. The van der Waals surface area contributed by atoms with Gasteiger partial charge in [0, 0.05) is 30.1 Å². The summed E-state index contributed by atoms with van der Waals surface area (Å²) in [7, 11) is -2.21. The lowest BCUT2D eigenvalue weighted by atomic mass is 10.2. The Bertz CT molecular complexity index is 1210. The second-order valence-corrected chi connectivity index (χ2v) is 8.44. The highest BCUT2D eigenvalue weighted by Crippen LogP contribution is 2.22. The van der Waals surface area contributed by atoms with Gasteiger partial charge in [0.1, 0.15) is 6.61 Å². The number of carbonyl (C=O) groups excluding carboxylic acids is 1. The average molecular weight is 471 g/mol. The summed E-state index contributed by atoms with van der Waals surface area (Å²) in [5.74, 6) is -1.03. The number of halogens is 1. The molecule has 9 heteroatoms. The van der Waals surface area contributed by atoms with Crippen molar-refractivity contribution in [2.45, 2.75) is 0 Å². The molecule has 7 nitrogen and oxygen atoms in total. The smallest absolute Gasteiger partial charge is 0.255 e. The molecule has 0 bridgehead atoms. The minimum Gasteiger partial charge on any atom is -0.488 e. The van der Waals surface area contributed by atoms with Crippen molar-refractivity contribution in [3.05, 3.63) is 95.1 Å². The molecule has 0 fully saturated rings. The van der Waals surface area contributed by atoms with Crippen LogP contribution < -0.4 is 14.8 Å². The molecule has 0 aliphatic rings. The van der Waals surface area contributed by atoms with Crippen molar-refractivity contribution in [2.24, 2.45) is 0 Å². The van der Waals surface area contributed by atoms with E-state index >= 15 is 0 Å². The number of carbonyl (C=O) groups is 1. The number of ether oxygens (including phenoxy) is 2. The monoisotopic (exact) mass is 470 g/mol. The predicted molar refractivity (Wildman–Crippen MR) is 126 cm³/mol. The molecule has 1 amide bonds. The second-order valence-electron chi connectivity index (χ2n) is 6.88. The van der Waals surface area contributed by atoms with Crippen molar-refractivity contribution in [2.75, 3.05) is 30.4 Å². The van der Waals surface area contributed by atoms with Crippen molar-refractivity contribution in [3.8, 4) is 5.75 Å². The molecule has 0 aliphatic carbocycles. The average Bonchev–Trinajstić information content (AvgIpc) is 2.80. The van der Waals surface area contributed by atoms with E-state index in [4.69, 9.17) is 9.47 Å². The van der Waals surface area contributed by atoms with E-state index in [0.29, 0.717) is 12.3 Å². The van der Waals surface area contributed by atoms with E-state index in [0.717, 1.165) is 17.0 Å². The Kier molecular flexibility index (Phi) is 8.17. The maximum Gasteiger partial charge on any atom is 0.255 e. The first kappa shape index (κ1) is 24.0.